The topological polar surface area (TPSA) is 58.6 Å². The van der Waals surface area contributed by atoms with Crippen LogP contribution in [0.25, 0.3) is 0 Å². The van der Waals surface area contributed by atoms with Gasteiger partial charge < -0.3 is 10.1 Å². The van der Waals surface area contributed by atoms with E-state index in [-0.39, 0.29) is 17.9 Å². The van der Waals surface area contributed by atoms with E-state index in [9.17, 15) is 9.59 Å². The molecule has 1 saturated heterocycles. The van der Waals surface area contributed by atoms with Gasteiger partial charge in [-0.2, -0.15) is 0 Å². The lowest BCUT2D eigenvalue weighted by Crippen LogP contribution is -2.23. The third kappa shape index (κ3) is 2.68. The minimum absolute atomic E-state index is 0.0831. The largest absolute Gasteiger partial charge is 0.447 e. The fourth-order valence-electron chi connectivity index (χ4n) is 1.55. The molecule has 90 valence electrons. The Labute approximate surface area is 103 Å². The summed E-state index contributed by atoms with van der Waals surface area (Å²) in [6.07, 6.45) is -0.345. The van der Waals surface area contributed by atoms with Crippen molar-refractivity contribution in [3.8, 4) is 0 Å². The summed E-state index contributed by atoms with van der Waals surface area (Å²) in [6, 6.07) is 6.92. The number of hydrogen-bond acceptors (Lipinski definition) is 3. The van der Waals surface area contributed by atoms with Crippen molar-refractivity contribution < 1.29 is 14.3 Å². The number of carbonyl (C=O) groups is 2. The van der Waals surface area contributed by atoms with Crippen LogP contribution < -0.4 is 10.2 Å². The van der Waals surface area contributed by atoms with E-state index < -0.39 is 0 Å². The minimum Gasteiger partial charge on any atom is -0.447 e. The fraction of sp³-hybridized carbons (Fsp3) is 0.273. The number of ether oxygens (including phenoxy) is 1. The van der Waals surface area contributed by atoms with Gasteiger partial charge in [-0.3, -0.25) is 9.69 Å². The van der Waals surface area contributed by atoms with Crippen LogP contribution in [0.3, 0.4) is 0 Å². The Morgan fingerprint density at radius 3 is 2.65 bits per heavy atom. The molecule has 5 nitrogen and oxygen atoms in total. The molecule has 1 aromatic carbocycles. The molecule has 0 aromatic heterocycles. The summed E-state index contributed by atoms with van der Waals surface area (Å²) in [5, 5.41) is 2.62. The average Bonchev–Trinajstić information content (AvgIpc) is 2.76. The summed E-state index contributed by atoms with van der Waals surface area (Å²) in [5.74, 6) is -0.347. The highest BCUT2D eigenvalue weighted by Crippen LogP contribution is 2.20. The molecule has 0 saturated carbocycles. The van der Waals surface area contributed by atoms with Crippen LogP contribution in [0.15, 0.2) is 24.3 Å². The maximum atomic E-state index is 11.3. The number of nitrogens with zero attached hydrogens (tertiary/aromatic N) is 1. The van der Waals surface area contributed by atoms with Gasteiger partial charge in [-0.1, -0.05) is 0 Å². The zero-order chi connectivity index (χ0) is 12.3. The van der Waals surface area contributed by atoms with E-state index in [4.69, 9.17) is 16.3 Å². The predicted molar refractivity (Wildman–Crippen MR) is 64.5 cm³/mol. The number of cyclic esters (lactones) is 1. The van der Waals surface area contributed by atoms with Crippen molar-refractivity contribution in [3.05, 3.63) is 24.3 Å². The van der Waals surface area contributed by atoms with Gasteiger partial charge in [0.25, 0.3) is 0 Å². The van der Waals surface area contributed by atoms with Crippen LogP contribution in [0.4, 0.5) is 16.2 Å². The van der Waals surface area contributed by atoms with Crippen LogP contribution in [0.5, 0.6) is 0 Å². The fourth-order valence-corrected chi connectivity index (χ4v) is 1.61. The summed E-state index contributed by atoms with van der Waals surface area (Å²) in [4.78, 5) is 23.9. The molecule has 6 heteroatoms. The third-order valence-corrected chi connectivity index (χ3v) is 2.59. The highest BCUT2D eigenvalue weighted by molar-refractivity contribution is 6.29. The molecule has 0 atom stereocenters. The second kappa shape index (κ2) is 5.05. The zero-order valence-corrected chi connectivity index (χ0v) is 9.74. The number of amides is 2. The molecular formula is C11H11ClN2O3. The highest BCUT2D eigenvalue weighted by Gasteiger charge is 2.23. The quantitative estimate of drug-likeness (QED) is 0.837. The van der Waals surface area contributed by atoms with Crippen molar-refractivity contribution in [1.29, 1.82) is 0 Å². The zero-order valence-electron chi connectivity index (χ0n) is 8.98. The molecule has 2 rings (SSSR count). The number of halogens is 1. The van der Waals surface area contributed by atoms with E-state index in [1.165, 1.54) is 4.90 Å². The molecule has 0 unspecified atom stereocenters. The Bertz CT molecular complexity index is 433. The monoisotopic (exact) mass is 254 g/mol. The lowest BCUT2D eigenvalue weighted by molar-refractivity contribution is -0.113. The summed E-state index contributed by atoms with van der Waals surface area (Å²) in [5.41, 5.74) is 1.39. The lowest BCUT2D eigenvalue weighted by Gasteiger charge is -2.13. The highest BCUT2D eigenvalue weighted by atomic mass is 35.5. The van der Waals surface area contributed by atoms with Crippen LogP contribution in [0.2, 0.25) is 0 Å². The van der Waals surface area contributed by atoms with Crippen molar-refractivity contribution in [2.45, 2.75) is 0 Å². The van der Waals surface area contributed by atoms with E-state index >= 15 is 0 Å². The van der Waals surface area contributed by atoms with E-state index in [0.29, 0.717) is 18.8 Å². The molecular weight excluding hydrogens is 244 g/mol. The first-order chi connectivity index (χ1) is 8.20. The second-order valence-electron chi connectivity index (χ2n) is 3.49. The predicted octanol–water partition coefficient (Wildman–Crippen LogP) is 1.82. The summed E-state index contributed by atoms with van der Waals surface area (Å²) in [6.45, 7) is 0.954. The summed E-state index contributed by atoms with van der Waals surface area (Å²) in [7, 11) is 0. The number of nitrogens with one attached hydrogen (secondary N) is 1. The smallest absolute Gasteiger partial charge is 0.414 e. The van der Waals surface area contributed by atoms with Crippen LogP contribution in [-0.4, -0.2) is 31.0 Å². The van der Waals surface area contributed by atoms with Crippen LogP contribution in [-0.2, 0) is 9.53 Å². The van der Waals surface area contributed by atoms with E-state index in [1.807, 2.05) is 0 Å². The molecule has 0 bridgehead atoms. The molecule has 0 spiro atoms. The molecule has 1 fully saturated rings. The maximum Gasteiger partial charge on any atom is 0.414 e. The SMILES string of the molecule is O=C(CCl)Nc1ccc(N2CCOC2=O)cc1. The summed E-state index contributed by atoms with van der Waals surface area (Å²) >= 11 is 5.37. The van der Waals surface area contributed by atoms with Gasteiger partial charge in [-0.05, 0) is 24.3 Å². The first-order valence-corrected chi connectivity index (χ1v) is 5.64. The molecule has 0 aliphatic carbocycles. The normalized spacial score (nSPS) is 14.6. The van der Waals surface area contributed by atoms with Gasteiger partial charge in [0.2, 0.25) is 5.91 Å². The maximum absolute atomic E-state index is 11.3. The Morgan fingerprint density at radius 1 is 1.41 bits per heavy atom. The first kappa shape index (κ1) is 11.7. The third-order valence-electron chi connectivity index (χ3n) is 2.34. The molecule has 2 amide bonds. The Kier molecular flexibility index (Phi) is 3.49. The lowest BCUT2D eigenvalue weighted by atomic mass is 10.2. The number of rotatable bonds is 3. The molecule has 17 heavy (non-hydrogen) atoms. The Balaban J connectivity index is 2.07. The number of carbonyl (C=O) groups excluding carboxylic acids is 2. The number of anilines is 2. The first-order valence-electron chi connectivity index (χ1n) is 5.11. The molecule has 1 N–H and O–H groups in total. The van der Waals surface area contributed by atoms with Crippen molar-refractivity contribution >= 4 is 35.0 Å². The summed E-state index contributed by atoms with van der Waals surface area (Å²) < 4.78 is 4.83. The Hall–Kier alpha value is -1.75. The molecule has 1 aliphatic rings. The van der Waals surface area contributed by atoms with Gasteiger partial charge in [-0.25, -0.2) is 4.79 Å². The number of benzene rings is 1. The minimum atomic E-state index is -0.345. The van der Waals surface area contributed by atoms with Crippen LogP contribution in [0.1, 0.15) is 0 Å². The van der Waals surface area contributed by atoms with E-state index in [1.54, 1.807) is 24.3 Å². The van der Waals surface area contributed by atoms with Gasteiger partial charge in [0.05, 0.1) is 6.54 Å². The van der Waals surface area contributed by atoms with Gasteiger partial charge in [0.15, 0.2) is 0 Å². The van der Waals surface area contributed by atoms with Crippen molar-refractivity contribution in [2.24, 2.45) is 0 Å². The average molecular weight is 255 g/mol. The molecule has 0 radical (unpaired) electrons. The van der Waals surface area contributed by atoms with Gasteiger partial charge in [0.1, 0.15) is 12.5 Å². The molecule has 1 heterocycles. The molecule has 1 aliphatic heterocycles. The van der Waals surface area contributed by atoms with Crippen molar-refractivity contribution in [2.75, 3.05) is 29.2 Å². The number of hydrogen-bond donors (Lipinski definition) is 1. The molecule has 1 aromatic rings. The van der Waals surface area contributed by atoms with Crippen molar-refractivity contribution in [3.63, 3.8) is 0 Å². The number of alkyl halides is 1. The van der Waals surface area contributed by atoms with Crippen LogP contribution in [0, 0.1) is 0 Å². The van der Waals surface area contributed by atoms with Gasteiger partial charge in [-0.15, -0.1) is 11.6 Å². The van der Waals surface area contributed by atoms with E-state index in [0.717, 1.165) is 5.69 Å². The van der Waals surface area contributed by atoms with E-state index in [2.05, 4.69) is 5.32 Å². The van der Waals surface area contributed by atoms with Gasteiger partial charge >= 0.3 is 6.09 Å². The Morgan fingerprint density at radius 2 is 2.12 bits per heavy atom. The second-order valence-corrected chi connectivity index (χ2v) is 3.76. The van der Waals surface area contributed by atoms with Crippen LogP contribution >= 0.6 is 11.6 Å². The van der Waals surface area contributed by atoms with Crippen molar-refractivity contribution in [1.82, 2.24) is 0 Å². The van der Waals surface area contributed by atoms with Gasteiger partial charge in [0, 0.05) is 11.4 Å². The standard InChI is InChI=1S/C11H11ClN2O3/c12-7-10(15)13-8-1-3-9(4-2-8)14-5-6-17-11(14)16/h1-4H,5-7H2,(H,13,15).